The quantitative estimate of drug-likeness (QED) is 0.872. The molecule has 0 unspecified atom stereocenters. The molecule has 0 bridgehead atoms. The van der Waals surface area contributed by atoms with Crippen molar-refractivity contribution in [3.63, 3.8) is 0 Å². The van der Waals surface area contributed by atoms with Gasteiger partial charge in [-0.15, -0.1) is 0 Å². The number of urea groups is 1. The number of rotatable bonds is 5. The Morgan fingerprint density at radius 3 is 2.35 bits per heavy atom. The Morgan fingerprint density at radius 2 is 1.69 bits per heavy atom. The molecule has 6 heteroatoms. The lowest BCUT2D eigenvalue weighted by Gasteiger charge is -2.29. The van der Waals surface area contributed by atoms with Gasteiger partial charge in [-0.3, -0.25) is 0 Å². The maximum atomic E-state index is 12.3. The number of morpholine rings is 1. The average Bonchev–Trinajstić information content (AvgIpc) is 2.68. The molecule has 0 saturated carbocycles. The minimum absolute atomic E-state index is 0.0998. The van der Waals surface area contributed by atoms with Gasteiger partial charge in [0.1, 0.15) is 0 Å². The summed E-state index contributed by atoms with van der Waals surface area (Å²) in [6, 6.07) is 15.7. The van der Waals surface area contributed by atoms with E-state index in [0.717, 1.165) is 37.4 Å². The van der Waals surface area contributed by atoms with Gasteiger partial charge in [0.05, 0.1) is 13.2 Å². The second-order valence-corrected chi connectivity index (χ2v) is 6.84. The zero-order valence-electron chi connectivity index (χ0n) is 15.0. The van der Waals surface area contributed by atoms with Crippen molar-refractivity contribution >= 4 is 23.3 Å². The van der Waals surface area contributed by atoms with E-state index in [-0.39, 0.29) is 6.03 Å². The Kier molecular flexibility index (Phi) is 6.36. The molecule has 1 N–H and O–H groups in total. The van der Waals surface area contributed by atoms with Crippen molar-refractivity contribution in [2.75, 3.05) is 38.3 Å². The van der Waals surface area contributed by atoms with Crippen LogP contribution in [0.3, 0.4) is 0 Å². The number of ether oxygens (including phenoxy) is 1. The number of carbonyl (C=O) groups is 1. The summed E-state index contributed by atoms with van der Waals surface area (Å²) in [6.07, 6.45) is 0. The fourth-order valence-corrected chi connectivity index (χ4v) is 3.02. The fraction of sp³-hybridized carbons (Fsp3) is 0.350. The summed E-state index contributed by atoms with van der Waals surface area (Å²) in [6.45, 7) is 4.45. The van der Waals surface area contributed by atoms with Crippen LogP contribution in [0.4, 0.5) is 10.5 Å². The number of benzene rings is 2. The number of nitrogens with zero attached hydrogens (tertiary/aromatic N) is 2. The highest BCUT2D eigenvalue weighted by molar-refractivity contribution is 6.30. The Labute approximate surface area is 159 Å². The fourth-order valence-electron chi connectivity index (χ4n) is 2.89. The number of carbonyl (C=O) groups excluding carboxylic acids is 1. The first kappa shape index (κ1) is 18.5. The van der Waals surface area contributed by atoms with Crippen molar-refractivity contribution in [1.29, 1.82) is 0 Å². The zero-order valence-corrected chi connectivity index (χ0v) is 15.7. The summed E-state index contributed by atoms with van der Waals surface area (Å²) in [5.41, 5.74) is 3.32. The molecule has 2 aromatic carbocycles. The van der Waals surface area contributed by atoms with E-state index in [4.69, 9.17) is 16.3 Å². The molecule has 0 atom stereocenters. The van der Waals surface area contributed by atoms with Crippen LogP contribution in [0.1, 0.15) is 11.1 Å². The standard InChI is InChI=1S/C20H24ClN3O2/c1-23(20(25)22-14-16-2-6-18(21)7-3-16)15-17-4-8-19(9-5-17)24-10-12-26-13-11-24/h2-9H,10-15H2,1H3,(H,22,25). The molecule has 1 aliphatic heterocycles. The van der Waals surface area contributed by atoms with Crippen LogP contribution < -0.4 is 10.2 Å². The van der Waals surface area contributed by atoms with Crippen LogP contribution in [0.15, 0.2) is 48.5 Å². The lowest BCUT2D eigenvalue weighted by molar-refractivity contribution is 0.122. The lowest BCUT2D eigenvalue weighted by Crippen LogP contribution is -2.36. The van der Waals surface area contributed by atoms with E-state index < -0.39 is 0 Å². The molecule has 2 amide bonds. The van der Waals surface area contributed by atoms with E-state index in [0.29, 0.717) is 18.1 Å². The first-order chi connectivity index (χ1) is 12.6. The second-order valence-electron chi connectivity index (χ2n) is 6.41. The third-order valence-electron chi connectivity index (χ3n) is 4.44. The highest BCUT2D eigenvalue weighted by Crippen LogP contribution is 2.17. The van der Waals surface area contributed by atoms with E-state index in [2.05, 4.69) is 34.5 Å². The third kappa shape index (κ3) is 5.13. The van der Waals surface area contributed by atoms with Gasteiger partial charge in [0, 0.05) is 43.9 Å². The summed E-state index contributed by atoms with van der Waals surface area (Å²) in [7, 11) is 1.80. The van der Waals surface area contributed by atoms with Gasteiger partial charge in [-0.1, -0.05) is 35.9 Å². The van der Waals surface area contributed by atoms with Gasteiger partial charge >= 0.3 is 6.03 Å². The predicted molar refractivity (Wildman–Crippen MR) is 105 cm³/mol. The first-order valence-electron chi connectivity index (χ1n) is 8.77. The third-order valence-corrected chi connectivity index (χ3v) is 4.69. The summed E-state index contributed by atoms with van der Waals surface area (Å²) in [5.74, 6) is 0. The van der Waals surface area contributed by atoms with Gasteiger partial charge in [0.15, 0.2) is 0 Å². The van der Waals surface area contributed by atoms with Crippen LogP contribution >= 0.6 is 11.6 Å². The van der Waals surface area contributed by atoms with E-state index >= 15 is 0 Å². The molecule has 2 aromatic rings. The molecule has 5 nitrogen and oxygen atoms in total. The lowest BCUT2D eigenvalue weighted by atomic mass is 10.2. The average molecular weight is 374 g/mol. The van der Waals surface area contributed by atoms with Crippen LogP contribution in [-0.2, 0) is 17.8 Å². The highest BCUT2D eigenvalue weighted by atomic mass is 35.5. The van der Waals surface area contributed by atoms with E-state index in [9.17, 15) is 4.79 Å². The molecule has 1 aliphatic rings. The molecule has 0 aromatic heterocycles. The van der Waals surface area contributed by atoms with Gasteiger partial charge in [-0.05, 0) is 35.4 Å². The molecule has 0 aliphatic carbocycles. The summed E-state index contributed by atoms with van der Waals surface area (Å²) < 4.78 is 5.39. The van der Waals surface area contributed by atoms with E-state index in [1.165, 1.54) is 5.69 Å². The molecule has 1 heterocycles. The van der Waals surface area contributed by atoms with Gasteiger partial charge < -0.3 is 19.9 Å². The van der Waals surface area contributed by atoms with Gasteiger partial charge in [-0.25, -0.2) is 4.79 Å². The molecular formula is C20H24ClN3O2. The second kappa shape index (κ2) is 8.92. The minimum atomic E-state index is -0.0998. The summed E-state index contributed by atoms with van der Waals surface area (Å²) in [4.78, 5) is 16.3. The van der Waals surface area contributed by atoms with Crippen molar-refractivity contribution in [3.8, 4) is 0 Å². The monoisotopic (exact) mass is 373 g/mol. The Bertz CT molecular complexity index is 713. The number of halogens is 1. The number of nitrogens with one attached hydrogen (secondary N) is 1. The number of anilines is 1. The number of hydrogen-bond acceptors (Lipinski definition) is 3. The normalized spacial score (nSPS) is 14.2. The maximum Gasteiger partial charge on any atom is 0.317 e. The van der Waals surface area contributed by atoms with Gasteiger partial charge in [0.25, 0.3) is 0 Å². The molecule has 1 fully saturated rings. The molecular weight excluding hydrogens is 350 g/mol. The van der Waals surface area contributed by atoms with Crippen molar-refractivity contribution in [1.82, 2.24) is 10.2 Å². The highest BCUT2D eigenvalue weighted by Gasteiger charge is 2.12. The summed E-state index contributed by atoms with van der Waals surface area (Å²) in [5, 5.41) is 3.62. The van der Waals surface area contributed by atoms with Crippen LogP contribution in [0, 0.1) is 0 Å². The maximum absolute atomic E-state index is 12.3. The molecule has 1 saturated heterocycles. The molecule has 0 radical (unpaired) electrons. The van der Waals surface area contributed by atoms with Crippen LogP contribution in [0.5, 0.6) is 0 Å². The number of hydrogen-bond donors (Lipinski definition) is 1. The van der Waals surface area contributed by atoms with E-state index in [1.54, 1.807) is 11.9 Å². The molecule has 0 spiro atoms. The summed E-state index contributed by atoms with van der Waals surface area (Å²) >= 11 is 5.87. The Balaban J connectivity index is 1.49. The van der Waals surface area contributed by atoms with Crippen LogP contribution in [0.2, 0.25) is 5.02 Å². The molecule has 3 rings (SSSR count). The SMILES string of the molecule is CN(Cc1ccc(N2CCOCC2)cc1)C(=O)NCc1ccc(Cl)cc1. The Hall–Kier alpha value is -2.24. The molecule has 138 valence electrons. The topological polar surface area (TPSA) is 44.8 Å². The van der Waals surface area contributed by atoms with E-state index in [1.807, 2.05) is 24.3 Å². The molecule has 26 heavy (non-hydrogen) atoms. The minimum Gasteiger partial charge on any atom is -0.378 e. The number of amides is 2. The smallest absolute Gasteiger partial charge is 0.317 e. The van der Waals surface area contributed by atoms with Crippen molar-refractivity contribution < 1.29 is 9.53 Å². The van der Waals surface area contributed by atoms with Crippen molar-refractivity contribution in [3.05, 3.63) is 64.7 Å². The largest absolute Gasteiger partial charge is 0.378 e. The van der Waals surface area contributed by atoms with Crippen molar-refractivity contribution in [2.24, 2.45) is 0 Å². The van der Waals surface area contributed by atoms with Gasteiger partial charge in [-0.2, -0.15) is 0 Å². The van der Waals surface area contributed by atoms with Crippen molar-refractivity contribution in [2.45, 2.75) is 13.1 Å². The first-order valence-corrected chi connectivity index (χ1v) is 9.14. The van der Waals surface area contributed by atoms with Crippen LogP contribution in [-0.4, -0.2) is 44.3 Å². The Morgan fingerprint density at radius 1 is 1.08 bits per heavy atom. The van der Waals surface area contributed by atoms with Crippen LogP contribution in [0.25, 0.3) is 0 Å². The van der Waals surface area contributed by atoms with Gasteiger partial charge in [0.2, 0.25) is 0 Å². The predicted octanol–water partition coefficient (Wildman–Crippen LogP) is 3.52. The zero-order chi connectivity index (χ0) is 18.4.